The van der Waals surface area contributed by atoms with Gasteiger partial charge in [0.15, 0.2) is 0 Å². The molecule has 0 saturated heterocycles. The normalized spacial score (nSPS) is 11.7. The Labute approximate surface area is 171 Å². The molecule has 5 nitrogen and oxygen atoms in total. The molecule has 0 unspecified atom stereocenters. The largest absolute Gasteiger partial charge is 0.377 e. The minimum atomic E-state index is -0.0613. The Kier molecular flexibility index (Phi) is 8.52. The summed E-state index contributed by atoms with van der Waals surface area (Å²) in [5.74, 6) is 0.505. The fourth-order valence-electron chi connectivity index (χ4n) is 3.16. The fraction of sp³-hybridized carbons (Fsp3) is 0.652. The molecule has 0 radical (unpaired) electrons. The molecule has 0 spiro atoms. The van der Waals surface area contributed by atoms with Crippen molar-refractivity contribution >= 4 is 23.2 Å². The second kappa shape index (κ2) is 9.94. The van der Waals surface area contributed by atoms with Crippen molar-refractivity contribution in [1.82, 2.24) is 4.90 Å². The molecule has 0 bridgehead atoms. The predicted molar refractivity (Wildman–Crippen MR) is 119 cm³/mol. The van der Waals surface area contributed by atoms with E-state index in [1.165, 1.54) is 0 Å². The maximum Gasteiger partial charge on any atom is 0.225 e. The zero-order chi connectivity index (χ0) is 21.6. The first-order valence-corrected chi connectivity index (χ1v) is 10.2. The Morgan fingerprint density at radius 2 is 1.68 bits per heavy atom. The number of hydrogen-bond donors (Lipinski definition) is 1. The van der Waals surface area contributed by atoms with Gasteiger partial charge >= 0.3 is 0 Å². The van der Waals surface area contributed by atoms with E-state index in [0.717, 1.165) is 16.9 Å². The second-order valence-corrected chi connectivity index (χ2v) is 9.79. The van der Waals surface area contributed by atoms with Crippen LogP contribution in [-0.2, 0) is 16.1 Å². The molecule has 0 aliphatic rings. The summed E-state index contributed by atoms with van der Waals surface area (Å²) in [6.45, 7) is 15.5. The van der Waals surface area contributed by atoms with Gasteiger partial charge in [-0.05, 0) is 35.1 Å². The van der Waals surface area contributed by atoms with Gasteiger partial charge in [0, 0.05) is 50.9 Å². The first-order chi connectivity index (χ1) is 12.8. The first kappa shape index (κ1) is 24.0. The number of rotatable bonds is 8. The first-order valence-electron chi connectivity index (χ1n) is 10.2. The maximum absolute atomic E-state index is 12.7. The lowest BCUT2D eigenvalue weighted by Crippen LogP contribution is -2.37. The zero-order valence-corrected chi connectivity index (χ0v) is 19.2. The van der Waals surface area contributed by atoms with Gasteiger partial charge in [-0.2, -0.15) is 0 Å². The highest BCUT2D eigenvalue weighted by Crippen LogP contribution is 2.26. The van der Waals surface area contributed by atoms with E-state index in [9.17, 15) is 9.59 Å². The number of benzene rings is 1. The van der Waals surface area contributed by atoms with Crippen LogP contribution >= 0.6 is 0 Å². The number of nitrogens with one attached hydrogen (secondary N) is 1. The number of carbonyl (C=O) groups excluding carboxylic acids is 2. The molecule has 5 heteroatoms. The smallest absolute Gasteiger partial charge is 0.225 e. The number of hydrogen-bond acceptors (Lipinski definition) is 3. The molecule has 0 aromatic heterocycles. The van der Waals surface area contributed by atoms with Crippen LogP contribution in [0.25, 0.3) is 0 Å². The Morgan fingerprint density at radius 3 is 2.14 bits per heavy atom. The molecule has 2 amide bonds. The monoisotopic (exact) mass is 389 g/mol. The summed E-state index contributed by atoms with van der Waals surface area (Å²) in [6, 6.07) is 5.93. The molecule has 0 heterocycles. The van der Waals surface area contributed by atoms with Crippen molar-refractivity contribution in [2.45, 2.75) is 61.4 Å². The SMILES string of the molecule is CC(C)CN(Cc1cc(NC(=O)CC(C)(C)C)ccc1N(C)C)C(=O)C(C)C. The van der Waals surface area contributed by atoms with Crippen LogP contribution in [0.2, 0.25) is 0 Å². The van der Waals surface area contributed by atoms with Gasteiger partial charge in [-0.1, -0.05) is 48.5 Å². The molecule has 0 fully saturated rings. The molecule has 0 atom stereocenters. The Morgan fingerprint density at radius 1 is 1.07 bits per heavy atom. The molecule has 1 aromatic carbocycles. The molecule has 1 aromatic rings. The summed E-state index contributed by atoms with van der Waals surface area (Å²) in [4.78, 5) is 29.0. The average Bonchev–Trinajstić information content (AvgIpc) is 2.50. The van der Waals surface area contributed by atoms with Gasteiger partial charge in [0.25, 0.3) is 0 Å². The Balaban J connectivity index is 3.15. The molecule has 28 heavy (non-hydrogen) atoms. The summed E-state index contributed by atoms with van der Waals surface area (Å²) < 4.78 is 0. The zero-order valence-electron chi connectivity index (χ0n) is 19.2. The van der Waals surface area contributed by atoms with Crippen LogP contribution in [0, 0.1) is 17.3 Å². The van der Waals surface area contributed by atoms with Gasteiger partial charge in [0.1, 0.15) is 0 Å². The molecule has 1 rings (SSSR count). The lowest BCUT2D eigenvalue weighted by molar-refractivity contribution is -0.135. The summed E-state index contributed by atoms with van der Waals surface area (Å²) in [5, 5.41) is 3.01. The van der Waals surface area contributed by atoms with Gasteiger partial charge in [0.05, 0.1) is 0 Å². The quantitative estimate of drug-likeness (QED) is 0.697. The van der Waals surface area contributed by atoms with Crippen molar-refractivity contribution in [3.63, 3.8) is 0 Å². The van der Waals surface area contributed by atoms with Crippen molar-refractivity contribution in [1.29, 1.82) is 0 Å². The highest BCUT2D eigenvalue weighted by atomic mass is 16.2. The van der Waals surface area contributed by atoms with E-state index in [1.807, 2.05) is 55.9 Å². The van der Waals surface area contributed by atoms with Crippen LogP contribution < -0.4 is 10.2 Å². The van der Waals surface area contributed by atoms with Crippen LogP contribution in [0.15, 0.2) is 18.2 Å². The Bertz CT molecular complexity index is 673. The molecule has 158 valence electrons. The summed E-state index contributed by atoms with van der Waals surface area (Å²) in [7, 11) is 3.99. The van der Waals surface area contributed by atoms with E-state index >= 15 is 0 Å². The van der Waals surface area contributed by atoms with Gasteiger partial charge in [-0.25, -0.2) is 0 Å². The van der Waals surface area contributed by atoms with E-state index in [0.29, 0.717) is 25.4 Å². The van der Waals surface area contributed by atoms with Crippen molar-refractivity contribution in [2.24, 2.45) is 17.3 Å². The third-order valence-corrected chi connectivity index (χ3v) is 4.29. The second-order valence-electron chi connectivity index (χ2n) is 9.79. The number of nitrogens with zero attached hydrogens (tertiary/aromatic N) is 2. The standard InChI is InChI=1S/C23H39N3O2/c1-16(2)14-26(22(28)17(3)4)15-18-12-19(10-11-20(18)25(8)9)24-21(27)13-23(5,6)7/h10-12,16-17H,13-15H2,1-9H3,(H,24,27). The fourth-order valence-corrected chi connectivity index (χ4v) is 3.16. The molecule has 1 N–H and O–H groups in total. The number of carbonyl (C=O) groups is 2. The van der Waals surface area contributed by atoms with Gasteiger partial charge in [0.2, 0.25) is 11.8 Å². The van der Waals surface area contributed by atoms with Crippen molar-refractivity contribution in [3.05, 3.63) is 23.8 Å². The van der Waals surface area contributed by atoms with Crippen LogP contribution in [-0.4, -0.2) is 37.4 Å². The lowest BCUT2D eigenvalue weighted by atomic mass is 9.92. The van der Waals surface area contributed by atoms with Gasteiger partial charge in [-0.3, -0.25) is 9.59 Å². The minimum absolute atomic E-state index is 0.00773. The van der Waals surface area contributed by atoms with Crippen LogP contribution in [0.1, 0.15) is 60.5 Å². The summed E-state index contributed by atoms with van der Waals surface area (Å²) >= 11 is 0. The topological polar surface area (TPSA) is 52.7 Å². The Hall–Kier alpha value is -2.04. The van der Waals surface area contributed by atoms with Crippen molar-refractivity contribution < 1.29 is 9.59 Å². The molecular formula is C23H39N3O2. The molecule has 0 aliphatic carbocycles. The van der Waals surface area contributed by atoms with Crippen LogP contribution in [0.4, 0.5) is 11.4 Å². The predicted octanol–water partition coefficient (Wildman–Crippen LogP) is 4.77. The summed E-state index contributed by atoms with van der Waals surface area (Å²) in [5.41, 5.74) is 2.80. The maximum atomic E-state index is 12.7. The van der Waals surface area contributed by atoms with E-state index in [4.69, 9.17) is 0 Å². The molecular weight excluding hydrogens is 350 g/mol. The number of amides is 2. The minimum Gasteiger partial charge on any atom is -0.377 e. The van der Waals surface area contributed by atoms with Crippen LogP contribution in [0.5, 0.6) is 0 Å². The van der Waals surface area contributed by atoms with Crippen LogP contribution in [0.3, 0.4) is 0 Å². The summed E-state index contributed by atoms with van der Waals surface area (Å²) in [6.07, 6.45) is 0.461. The molecule has 0 saturated carbocycles. The van der Waals surface area contributed by atoms with Gasteiger partial charge < -0.3 is 15.1 Å². The van der Waals surface area contributed by atoms with Gasteiger partial charge in [-0.15, -0.1) is 0 Å². The van der Waals surface area contributed by atoms with E-state index in [-0.39, 0.29) is 23.1 Å². The number of anilines is 2. The van der Waals surface area contributed by atoms with Crippen molar-refractivity contribution in [3.8, 4) is 0 Å². The van der Waals surface area contributed by atoms with Crippen molar-refractivity contribution in [2.75, 3.05) is 30.9 Å². The van der Waals surface area contributed by atoms with E-state index in [2.05, 4.69) is 39.9 Å². The molecule has 0 aliphatic heterocycles. The average molecular weight is 390 g/mol. The third-order valence-electron chi connectivity index (χ3n) is 4.29. The highest BCUT2D eigenvalue weighted by Gasteiger charge is 2.21. The van der Waals surface area contributed by atoms with E-state index in [1.54, 1.807) is 0 Å². The lowest BCUT2D eigenvalue weighted by Gasteiger charge is -2.29. The third kappa shape index (κ3) is 7.91. The van der Waals surface area contributed by atoms with E-state index < -0.39 is 0 Å². The highest BCUT2D eigenvalue weighted by molar-refractivity contribution is 5.91.